The molecule has 1 aliphatic rings. The maximum Gasteiger partial charge on any atom is 0.336 e. The highest BCUT2D eigenvalue weighted by Gasteiger charge is 2.28. The van der Waals surface area contributed by atoms with Crippen molar-refractivity contribution in [3.63, 3.8) is 0 Å². The van der Waals surface area contributed by atoms with Crippen LogP contribution in [-0.4, -0.2) is 18.6 Å². The number of aryl methyl sites for hydroxylation is 2. The van der Waals surface area contributed by atoms with Gasteiger partial charge in [0.1, 0.15) is 11.3 Å². The van der Waals surface area contributed by atoms with Crippen LogP contribution in [0.1, 0.15) is 24.5 Å². The fourth-order valence-corrected chi connectivity index (χ4v) is 3.68. The molecule has 2 heterocycles. The molecule has 27 heavy (non-hydrogen) atoms. The number of rotatable bonds is 3. The number of nitrogens with zero attached hydrogens (tertiary/aromatic N) is 1. The number of para-hydroxylation sites is 1. The summed E-state index contributed by atoms with van der Waals surface area (Å²) in [7, 11) is 0. The molecule has 0 saturated carbocycles. The van der Waals surface area contributed by atoms with Crippen molar-refractivity contribution < 1.29 is 13.9 Å². The molecule has 0 aliphatic carbocycles. The smallest absolute Gasteiger partial charge is 0.336 e. The van der Waals surface area contributed by atoms with Crippen LogP contribution in [-0.2, 0) is 11.2 Å². The summed E-state index contributed by atoms with van der Waals surface area (Å²) in [6.07, 6.45) is 1.91. The van der Waals surface area contributed by atoms with E-state index in [9.17, 15) is 9.59 Å². The lowest BCUT2D eigenvalue weighted by molar-refractivity contribution is -0.121. The van der Waals surface area contributed by atoms with Crippen molar-refractivity contribution in [3.8, 4) is 5.75 Å². The second-order valence-electron chi connectivity index (χ2n) is 6.98. The first-order valence-corrected chi connectivity index (χ1v) is 9.10. The Morgan fingerprint density at radius 1 is 1.22 bits per heavy atom. The lowest BCUT2D eigenvalue weighted by atomic mass is 9.96. The largest absolute Gasteiger partial charge is 0.484 e. The first-order valence-electron chi connectivity index (χ1n) is 9.10. The molecule has 3 aromatic rings. The van der Waals surface area contributed by atoms with Crippen molar-refractivity contribution in [1.29, 1.82) is 0 Å². The average molecular weight is 363 g/mol. The molecule has 5 nitrogen and oxygen atoms in total. The lowest BCUT2D eigenvalue weighted by Crippen LogP contribution is -2.44. The number of ether oxygens (including phenoxy) is 1. The minimum atomic E-state index is -0.396. The van der Waals surface area contributed by atoms with Crippen molar-refractivity contribution in [1.82, 2.24) is 0 Å². The monoisotopic (exact) mass is 363 g/mol. The van der Waals surface area contributed by atoms with Gasteiger partial charge in [-0.3, -0.25) is 4.79 Å². The molecule has 0 N–H and O–H groups in total. The van der Waals surface area contributed by atoms with Crippen molar-refractivity contribution in [3.05, 3.63) is 70.1 Å². The van der Waals surface area contributed by atoms with E-state index in [2.05, 4.69) is 13.0 Å². The van der Waals surface area contributed by atoms with Gasteiger partial charge in [-0.2, -0.15) is 0 Å². The Labute approximate surface area is 157 Å². The van der Waals surface area contributed by atoms with Crippen molar-refractivity contribution in [2.24, 2.45) is 0 Å². The molecule has 1 atom stereocenters. The van der Waals surface area contributed by atoms with E-state index in [1.165, 1.54) is 11.6 Å². The van der Waals surface area contributed by atoms with E-state index in [1.807, 2.05) is 36.1 Å². The van der Waals surface area contributed by atoms with E-state index in [-0.39, 0.29) is 18.6 Å². The van der Waals surface area contributed by atoms with Gasteiger partial charge in [-0.25, -0.2) is 4.79 Å². The standard InChI is InChI=1S/C22H21NO4/c1-14-11-22(25)27-20-12-17(9-10-18(14)20)26-13-21(24)23-15(2)7-8-16-5-3-4-6-19(16)23/h3-6,9-12,15H,7-8,13H2,1-2H3. The number of carbonyl (C=O) groups excluding carboxylic acids is 1. The van der Waals surface area contributed by atoms with Gasteiger partial charge in [-0.1, -0.05) is 18.2 Å². The maximum atomic E-state index is 12.8. The van der Waals surface area contributed by atoms with E-state index >= 15 is 0 Å². The first-order chi connectivity index (χ1) is 13.0. The van der Waals surface area contributed by atoms with Crippen LogP contribution in [0.5, 0.6) is 5.75 Å². The van der Waals surface area contributed by atoms with Gasteiger partial charge in [-0.15, -0.1) is 0 Å². The van der Waals surface area contributed by atoms with Crippen molar-refractivity contribution in [2.75, 3.05) is 11.5 Å². The highest BCUT2D eigenvalue weighted by molar-refractivity contribution is 5.96. The fraction of sp³-hybridized carbons (Fsp3) is 0.273. The van der Waals surface area contributed by atoms with E-state index in [1.54, 1.807) is 12.1 Å². The number of benzene rings is 2. The van der Waals surface area contributed by atoms with Crippen molar-refractivity contribution in [2.45, 2.75) is 32.7 Å². The number of carbonyl (C=O) groups is 1. The predicted molar refractivity (Wildman–Crippen MR) is 104 cm³/mol. The van der Waals surface area contributed by atoms with Crippen LogP contribution in [0.3, 0.4) is 0 Å². The molecular formula is C22H21NO4. The van der Waals surface area contributed by atoms with Crippen LogP contribution in [0, 0.1) is 6.92 Å². The van der Waals surface area contributed by atoms with E-state index < -0.39 is 5.63 Å². The summed E-state index contributed by atoms with van der Waals surface area (Å²) < 4.78 is 11.0. The highest BCUT2D eigenvalue weighted by atomic mass is 16.5. The lowest BCUT2D eigenvalue weighted by Gasteiger charge is -2.35. The third-order valence-corrected chi connectivity index (χ3v) is 5.08. The number of fused-ring (bicyclic) bond motifs is 2. The van der Waals surface area contributed by atoms with Gasteiger partial charge in [0.2, 0.25) is 0 Å². The molecule has 1 aliphatic heterocycles. The van der Waals surface area contributed by atoms with E-state index in [0.29, 0.717) is 11.3 Å². The van der Waals surface area contributed by atoms with Gasteiger partial charge >= 0.3 is 5.63 Å². The number of anilines is 1. The zero-order valence-corrected chi connectivity index (χ0v) is 15.4. The molecule has 4 rings (SSSR count). The Balaban J connectivity index is 1.54. The van der Waals surface area contributed by atoms with Crippen molar-refractivity contribution >= 4 is 22.6 Å². The van der Waals surface area contributed by atoms with Crippen LogP contribution in [0.4, 0.5) is 5.69 Å². The van der Waals surface area contributed by atoms with Gasteiger partial charge in [0, 0.05) is 29.2 Å². The summed E-state index contributed by atoms with van der Waals surface area (Å²) in [6, 6.07) is 14.9. The summed E-state index contributed by atoms with van der Waals surface area (Å²) in [5.41, 5.74) is 3.06. The van der Waals surface area contributed by atoms with Gasteiger partial charge in [0.15, 0.2) is 6.61 Å². The summed E-state index contributed by atoms with van der Waals surface area (Å²) in [6.45, 7) is 3.85. The molecule has 1 unspecified atom stereocenters. The third-order valence-electron chi connectivity index (χ3n) is 5.08. The Kier molecular flexibility index (Phi) is 4.44. The quantitative estimate of drug-likeness (QED) is 0.663. The van der Waals surface area contributed by atoms with E-state index in [0.717, 1.165) is 29.5 Å². The zero-order valence-electron chi connectivity index (χ0n) is 15.4. The second-order valence-corrected chi connectivity index (χ2v) is 6.98. The predicted octanol–water partition coefficient (Wildman–Crippen LogP) is 3.85. The SMILES string of the molecule is Cc1cc(=O)oc2cc(OCC(=O)N3c4ccccc4CCC3C)ccc12. The molecule has 1 amide bonds. The van der Waals surface area contributed by atoms with Crippen LogP contribution in [0.25, 0.3) is 11.0 Å². The summed E-state index contributed by atoms with van der Waals surface area (Å²) >= 11 is 0. The van der Waals surface area contributed by atoms with Crippen LogP contribution in [0.2, 0.25) is 0 Å². The molecule has 0 bridgehead atoms. The van der Waals surface area contributed by atoms with Crippen LogP contribution < -0.4 is 15.3 Å². The van der Waals surface area contributed by atoms with Gasteiger partial charge in [-0.05, 0) is 56.0 Å². The molecule has 0 saturated heterocycles. The molecule has 2 aromatic carbocycles. The second kappa shape index (κ2) is 6.91. The summed E-state index contributed by atoms with van der Waals surface area (Å²) in [5.74, 6) is 0.419. The maximum absolute atomic E-state index is 12.8. The summed E-state index contributed by atoms with van der Waals surface area (Å²) in [5, 5.41) is 0.854. The molecule has 0 fully saturated rings. The normalized spacial score (nSPS) is 16.2. The number of hydrogen-bond acceptors (Lipinski definition) is 4. The molecule has 5 heteroatoms. The minimum Gasteiger partial charge on any atom is -0.484 e. The highest BCUT2D eigenvalue weighted by Crippen LogP contribution is 2.30. The zero-order chi connectivity index (χ0) is 19.0. The molecule has 0 radical (unpaired) electrons. The Bertz CT molecular complexity index is 1070. The Morgan fingerprint density at radius 3 is 2.89 bits per heavy atom. The minimum absolute atomic E-state index is 0.0692. The Morgan fingerprint density at radius 2 is 2.04 bits per heavy atom. The van der Waals surface area contributed by atoms with Gasteiger partial charge in [0.25, 0.3) is 5.91 Å². The van der Waals surface area contributed by atoms with E-state index in [4.69, 9.17) is 9.15 Å². The van der Waals surface area contributed by atoms with Gasteiger partial charge < -0.3 is 14.1 Å². The third kappa shape index (κ3) is 3.33. The van der Waals surface area contributed by atoms with Gasteiger partial charge in [0.05, 0.1) is 0 Å². The Hall–Kier alpha value is -3.08. The molecule has 0 spiro atoms. The average Bonchev–Trinajstić information content (AvgIpc) is 2.65. The van der Waals surface area contributed by atoms with Crippen LogP contribution in [0.15, 0.2) is 57.7 Å². The number of hydrogen-bond donors (Lipinski definition) is 0. The van der Waals surface area contributed by atoms with Crippen LogP contribution >= 0.6 is 0 Å². The molecule has 138 valence electrons. The summed E-state index contributed by atoms with van der Waals surface area (Å²) in [4.78, 5) is 26.2. The topological polar surface area (TPSA) is 59.8 Å². The molecular weight excluding hydrogens is 342 g/mol. The first kappa shape index (κ1) is 17.3. The molecule has 1 aromatic heterocycles. The number of amides is 1. The fourth-order valence-electron chi connectivity index (χ4n) is 3.68.